The number of hydrogen-bond donors (Lipinski definition) is 1. The predicted molar refractivity (Wildman–Crippen MR) is 86.2 cm³/mol. The highest BCUT2D eigenvalue weighted by Gasteiger charge is 2.68. The van der Waals surface area contributed by atoms with Crippen molar-refractivity contribution in [2.75, 3.05) is 26.3 Å². The van der Waals surface area contributed by atoms with Gasteiger partial charge in [0.25, 0.3) is 0 Å². The van der Waals surface area contributed by atoms with Crippen LogP contribution in [0.3, 0.4) is 0 Å². The predicted octanol–water partition coefficient (Wildman–Crippen LogP) is 4.04. The monoisotopic (exact) mass is 325 g/mol. The Morgan fingerprint density at radius 1 is 1.24 bits per heavy atom. The van der Waals surface area contributed by atoms with Crippen molar-refractivity contribution in [3.8, 4) is 0 Å². The fraction of sp³-hybridized carbons (Fsp3) is 0.647. The van der Waals surface area contributed by atoms with E-state index < -0.39 is 0 Å². The van der Waals surface area contributed by atoms with Crippen molar-refractivity contribution in [3.05, 3.63) is 33.8 Å². The summed E-state index contributed by atoms with van der Waals surface area (Å²) in [6.45, 7) is 3.94. The van der Waals surface area contributed by atoms with Crippen LogP contribution < -0.4 is 5.32 Å². The number of halogens is 2. The highest BCUT2D eigenvalue weighted by atomic mass is 35.5. The molecule has 0 bridgehead atoms. The van der Waals surface area contributed by atoms with E-state index in [0.717, 1.165) is 38.6 Å². The maximum Gasteiger partial charge on any atom is 0.0595 e. The Kier molecular flexibility index (Phi) is 3.50. The molecule has 2 atom stereocenters. The molecule has 0 unspecified atom stereocenters. The van der Waals surface area contributed by atoms with Crippen molar-refractivity contribution in [1.82, 2.24) is 5.32 Å². The zero-order valence-corrected chi connectivity index (χ0v) is 13.6. The van der Waals surface area contributed by atoms with Gasteiger partial charge < -0.3 is 10.1 Å². The number of benzene rings is 1. The minimum atomic E-state index is 0.246. The molecule has 1 aliphatic heterocycles. The lowest BCUT2D eigenvalue weighted by Gasteiger charge is -2.32. The van der Waals surface area contributed by atoms with E-state index in [0.29, 0.717) is 10.0 Å². The number of hydrogen-bond acceptors (Lipinski definition) is 2. The van der Waals surface area contributed by atoms with Gasteiger partial charge in [-0.15, -0.1) is 0 Å². The normalized spacial score (nSPS) is 34.6. The van der Waals surface area contributed by atoms with Crippen LogP contribution in [0.1, 0.15) is 31.2 Å². The third-order valence-electron chi connectivity index (χ3n) is 5.62. The summed E-state index contributed by atoms with van der Waals surface area (Å²) in [4.78, 5) is 0. The molecule has 1 aromatic rings. The van der Waals surface area contributed by atoms with Crippen LogP contribution in [0, 0.1) is 11.3 Å². The molecule has 3 aliphatic rings. The molecule has 2 aliphatic carbocycles. The average Bonchev–Trinajstić information content (AvgIpc) is 3.36. The Hall–Kier alpha value is -0.280. The van der Waals surface area contributed by atoms with E-state index in [9.17, 15) is 0 Å². The summed E-state index contributed by atoms with van der Waals surface area (Å²) in [6.07, 6.45) is 5.07. The van der Waals surface area contributed by atoms with Crippen molar-refractivity contribution in [2.24, 2.45) is 11.3 Å². The van der Waals surface area contributed by atoms with Crippen molar-refractivity contribution >= 4 is 23.2 Å². The molecule has 1 aromatic carbocycles. The van der Waals surface area contributed by atoms with Crippen molar-refractivity contribution in [2.45, 2.75) is 31.1 Å². The maximum absolute atomic E-state index is 6.23. The van der Waals surface area contributed by atoms with E-state index in [1.54, 1.807) is 0 Å². The van der Waals surface area contributed by atoms with Gasteiger partial charge in [0.2, 0.25) is 0 Å². The SMILES string of the molecule is Clc1ccc([C@@]23CCNC[C@]2(COCC2CC2)C3)cc1Cl. The van der Waals surface area contributed by atoms with E-state index in [2.05, 4.69) is 17.4 Å². The summed E-state index contributed by atoms with van der Waals surface area (Å²) < 4.78 is 6.04. The van der Waals surface area contributed by atoms with Crippen molar-refractivity contribution in [1.29, 1.82) is 0 Å². The number of fused-ring (bicyclic) bond motifs is 1. The summed E-state index contributed by atoms with van der Waals surface area (Å²) in [5.41, 5.74) is 1.85. The van der Waals surface area contributed by atoms with Gasteiger partial charge in [-0.1, -0.05) is 29.3 Å². The molecule has 4 rings (SSSR count). The molecule has 0 amide bonds. The lowest BCUT2D eigenvalue weighted by Crippen LogP contribution is -2.41. The number of ether oxygens (including phenoxy) is 1. The topological polar surface area (TPSA) is 21.3 Å². The standard InChI is InChI=1S/C17H21Cl2NO/c18-14-4-3-13(7-15(14)19)17-5-6-20-10-16(17,9-17)11-21-8-12-1-2-12/h3-4,7,12,20H,1-2,5-6,8-11H2/t16-,17-/m0/s1. The number of piperidine rings is 1. The molecule has 114 valence electrons. The third-order valence-corrected chi connectivity index (χ3v) is 6.36. The summed E-state index contributed by atoms with van der Waals surface area (Å²) in [5, 5.41) is 4.86. The summed E-state index contributed by atoms with van der Waals surface area (Å²) in [5.74, 6) is 0.830. The van der Waals surface area contributed by atoms with Crippen LogP contribution in [0.25, 0.3) is 0 Å². The van der Waals surface area contributed by atoms with Crippen LogP contribution in [0.5, 0.6) is 0 Å². The highest BCUT2D eigenvalue weighted by Crippen LogP contribution is 2.68. The second-order valence-corrected chi connectivity index (χ2v) is 7.87. The lowest BCUT2D eigenvalue weighted by molar-refractivity contribution is 0.0662. The van der Waals surface area contributed by atoms with Gasteiger partial charge in [0.05, 0.1) is 16.7 Å². The minimum absolute atomic E-state index is 0.246. The molecule has 0 spiro atoms. The Balaban J connectivity index is 1.54. The average molecular weight is 326 g/mol. The van der Waals surface area contributed by atoms with Crippen LogP contribution in [0.4, 0.5) is 0 Å². The Bertz CT molecular complexity index is 560. The third kappa shape index (κ3) is 2.41. The largest absolute Gasteiger partial charge is 0.381 e. The van der Waals surface area contributed by atoms with Gasteiger partial charge in [-0.05, 0) is 55.8 Å². The fourth-order valence-electron chi connectivity index (χ4n) is 4.04. The van der Waals surface area contributed by atoms with Crippen LogP contribution in [0.2, 0.25) is 10.0 Å². The molecule has 1 saturated heterocycles. The first-order valence-electron chi connectivity index (χ1n) is 7.89. The molecule has 2 nitrogen and oxygen atoms in total. The summed E-state index contributed by atoms with van der Waals surface area (Å²) >= 11 is 12.3. The van der Waals surface area contributed by atoms with Crippen LogP contribution >= 0.6 is 23.2 Å². The van der Waals surface area contributed by atoms with Crippen LogP contribution in [-0.2, 0) is 10.2 Å². The van der Waals surface area contributed by atoms with E-state index in [1.165, 1.54) is 24.8 Å². The molecule has 2 saturated carbocycles. The van der Waals surface area contributed by atoms with Gasteiger partial charge in [-0.3, -0.25) is 0 Å². The molecular formula is C17H21Cl2NO. The first kappa shape index (κ1) is 14.3. The smallest absolute Gasteiger partial charge is 0.0595 e. The van der Waals surface area contributed by atoms with Gasteiger partial charge in [-0.2, -0.15) is 0 Å². The molecule has 21 heavy (non-hydrogen) atoms. The minimum Gasteiger partial charge on any atom is -0.381 e. The molecule has 0 radical (unpaired) electrons. The zero-order chi connectivity index (χ0) is 14.5. The first-order valence-corrected chi connectivity index (χ1v) is 8.65. The summed E-state index contributed by atoms with van der Waals surface area (Å²) in [6, 6.07) is 6.16. The number of rotatable bonds is 5. The summed E-state index contributed by atoms with van der Waals surface area (Å²) in [7, 11) is 0. The first-order chi connectivity index (χ1) is 10.2. The van der Waals surface area contributed by atoms with Crippen LogP contribution in [0.15, 0.2) is 18.2 Å². The number of nitrogens with one attached hydrogen (secondary N) is 1. The van der Waals surface area contributed by atoms with Gasteiger partial charge in [0, 0.05) is 24.0 Å². The Morgan fingerprint density at radius 2 is 2.10 bits per heavy atom. The van der Waals surface area contributed by atoms with E-state index in [1.807, 2.05) is 6.07 Å². The van der Waals surface area contributed by atoms with E-state index in [-0.39, 0.29) is 10.8 Å². The van der Waals surface area contributed by atoms with Gasteiger partial charge >= 0.3 is 0 Å². The molecule has 4 heteroatoms. The Morgan fingerprint density at radius 3 is 2.86 bits per heavy atom. The van der Waals surface area contributed by atoms with E-state index in [4.69, 9.17) is 27.9 Å². The van der Waals surface area contributed by atoms with Gasteiger partial charge in [0.15, 0.2) is 0 Å². The molecule has 0 aromatic heterocycles. The highest BCUT2D eigenvalue weighted by molar-refractivity contribution is 6.42. The maximum atomic E-state index is 6.23. The van der Waals surface area contributed by atoms with Gasteiger partial charge in [-0.25, -0.2) is 0 Å². The molecule has 1 N–H and O–H groups in total. The Labute approximate surface area is 136 Å². The molecule has 3 fully saturated rings. The molecule has 1 heterocycles. The second kappa shape index (κ2) is 5.13. The zero-order valence-electron chi connectivity index (χ0n) is 12.1. The van der Waals surface area contributed by atoms with Crippen molar-refractivity contribution < 1.29 is 4.74 Å². The van der Waals surface area contributed by atoms with Gasteiger partial charge in [0.1, 0.15) is 0 Å². The fourth-order valence-corrected chi connectivity index (χ4v) is 4.34. The molecular weight excluding hydrogens is 305 g/mol. The second-order valence-electron chi connectivity index (χ2n) is 7.05. The van der Waals surface area contributed by atoms with Crippen molar-refractivity contribution in [3.63, 3.8) is 0 Å². The quantitative estimate of drug-likeness (QED) is 0.882. The lowest BCUT2D eigenvalue weighted by atomic mass is 9.81. The van der Waals surface area contributed by atoms with E-state index >= 15 is 0 Å². The van der Waals surface area contributed by atoms with Crippen LogP contribution in [-0.4, -0.2) is 26.3 Å².